The van der Waals surface area contributed by atoms with Gasteiger partial charge in [-0.25, -0.2) is 9.78 Å². The molecule has 0 radical (unpaired) electrons. The first-order chi connectivity index (χ1) is 16.9. The van der Waals surface area contributed by atoms with Crippen molar-refractivity contribution >= 4 is 51.2 Å². The molecule has 5 rings (SSSR count). The highest BCUT2D eigenvalue weighted by atomic mass is 32.1. The Bertz CT molecular complexity index is 1600. The average molecular weight is 493 g/mol. The number of carbonyl (C=O) groups excluding carboxylic acids is 2. The van der Waals surface area contributed by atoms with Gasteiger partial charge >= 0.3 is 5.69 Å². The number of aryl methyl sites for hydroxylation is 2. The van der Waals surface area contributed by atoms with Crippen molar-refractivity contribution in [1.82, 2.24) is 34.2 Å². The highest BCUT2D eigenvalue weighted by molar-refractivity contribution is 7.17. The lowest BCUT2D eigenvalue weighted by molar-refractivity contribution is -0.128. The molecule has 4 aromatic heterocycles. The summed E-state index contributed by atoms with van der Waals surface area (Å²) in [5.74, 6) is 0.00413. The fourth-order valence-electron chi connectivity index (χ4n) is 4.01. The first-order valence-electron chi connectivity index (χ1n) is 11.1. The number of anilines is 1. The SMILES string of the molecule is CCn1c(=O)[nH]c2cc3nc(NC(=O)c4ccc(-c5cn[nH]c5)s4)n(CCC(=O)N(C)C)c3cc21. The van der Waals surface area contributed by atoms with Crippen LogP contribution in [0.2, 0.25) is 0 Å². The van der Waals surface area contributed by atoms with Gasteiger partial charge in [0.05, 0.1) is 33.1 Å². The molecule has 2 amide bonds. The molecule has 0 aliphatic heterocycles. The molecule has 0 saturated heterocycles. The third kappa shape index (κ3) is 4.12. The predicted molar refractivity (Wildman–Crippen MR) is 135 cm³/mol. The highest BCUT2D eigenvalue weighted by Crippen LogP contribution is 2.29. The van der Waals surface area contributed by atoms with Gasteiger partial charge in [-0.05, 0) is 31.2 Å². The van der Waals surface area contributed by atoms with Crippen LogP contribution in [-0.4, -0.2) is 60.1 Å². The summed E-state index contributed by atoms with van der Waals surface area (Å²) in [6, 6.07) is 7.29. The maximum absolute atomic E-state index is 13.1. The van der Waals surface area contributed by atoms with E-state index in [0.29, 0.717) is 34.9 Å². The van der Waals surface area contributed by atoms with Crippen LogP contribution in [0.3, 0.4) is 0 Å². The van der Waals surface area contributed by atoms with Crippen LogP contribution in [0.5, 0.6) is 0 Å². The molecule has 12 heteroatoms. The van der Waals surface area contributed by atoms with Crippen molar-refractivity contribution in [2.24, 2.45) is 0 Å². The van der Waals surface area contributed by atoms with Gasteiger partial charge in [0, 0.05) is 50.2 Å². The number of hydrogen-bond acceptors (Lipinski definition) is 6. The average Bonchev–Trinajstić information content (AvgIpc) is 3.60. The van der Waals surface area contributed by atoms with Gasteiger partial charge in [0.15, 0.2) is 0 Å². The Morgan fingerprint density at radius 1 is 1.17 bits per heavy atom. The standard InChI is InChI=1S/C23H24N8O3S/c1-4-30-16-10-17-14(9-15(16)27-23(30)34)26-22(31(17)8-7-20(32)29(2)3)28-21(33)19-6-5-18(35-19)13-11-24-25-12-13/h5-6,9-12H,4,7-8H2,1-3H3,(H,24,25)(H,27,34)(H,26,28,33). The molecule has 3 N–H and O–H groups in total. The van der Waals surface area contributed by atoms with E-state index in [1.165, 1.54) is 16.2 Å². The van der Waals surface area contributed by atoms with E-state index in [-0.39, 0.29) is 23.9 Å². The van der Waals surface area contributed by atoms with E-state index in [0.717, 1.165) is 21.5 Å². The second-order valence-corrected chi connectivity index (χ2v) is 9.35. The van der Waals surface area contributed by atoms with Crippen LogP contribution in [0, 0.1) is 0 Å². The summed E-state index contributed by atoms with van der Waals surface area (Å²) in [5.41, 5.74) is 3.46. The number of rotatable bonds is 7. The molecule has 11 nitrogen and oxygen atoms in total. The van der Waals surface area contributed by atoms with Crippen LogP contribution in [0.1, 0.15) is 23.0 Å². The monoisotopic (exact) mass is 492 g/mol. The Labute approximate surface area is 203 Å². The molecule has 180 valence electrons. The van der Waals surface area contributed by atoms with Gasteiger partial charge < -0.3 is 14.5 Å². The van der Waals surface area contributed by atoms with Gasteiger partial charge in [-0.15, -0.1) is 11.3 Å². The molecule has 0 atom stereocenters. The highest BCUT2D eigenvalue weighted by Gasteiger charge is 2.19. The van der Waals surface area contributed by atoms with Gasteiger partial charge in [0.25, 0.3) is 5.91 Å². The smallest absolute Gasteiger partial charge is 0.326 e. The van der Waals surface area contributed by atoms with Crippen LogP contribution in [-0.2, 0) is 17.9 Å². The van der Waals surface area contributed by atoms with E-state index in [1.807, 2.05) is 23.6 Å². The van der Waals surface area contributed by atoms with Crippen LogP contribution in [0.25, 0.3) is 32.5 Å². The Balaban J connectivity index is 1.53. The van der Waals surface area contributed by atoms with E-state index >= 15 is 0 Å². The Morgan fingerprint density at radius 3 is 2.71 bits per heavy atom. The minimum Gasteiger partial charge on any atom is -0.349 e. The zero-order valence-corrected chi connectivity index (χ0v) is 20.3. The van der Waals surface area contributed by atoms with Crippen molar-refractivity contribution in [3.63, 3.8) is 0 Å². The molecule has 4 heterocycles. The lowest BCUT2D eigenvalue weighted by Crippen LogP contribution is -2.23. The molecular formula is C23H24N8O3S. The summed E-state index contributed by atoms with van der Waals surface area (Å²) in [7, 11) is 3.41. The molecule has 35 heavy (non-hydrogen) atoms. The minimum absolute atomic E-state index is 0.0414. The minimum atomic E-state index is -0.295. The normalized spacial score (nSPS) is 11.4. The van der Waals surface area contributed by atoms with Crippen molar-refractivity contribution in [2.45, 2.75) is 26.4 Å². The second kappa shape index (κ2) is 8.87. The van der Waals surface area contributed by atoms with E-state index in [9.17, 15) is 14.4 Å². The molecule has 5 aromatic rings. The van der Waals surface area contributed by atoms with Gasteiger partial charge in [-0.1, -0.05) is 0 Å². The van der Waals surface area contributed by atoms with Crippen molar-refractivity contribution < 1.29 is 9.59 Å². The number of aromatic nitrogens is 6. The third-order valence-corrected chi connectivity index (χ3v) is 6.98. The molecule has 0 aliphatic rings. The molecule has 0 fully saturated rings. The van der Waals surface area contributed by atoms with Crippen LogP contribution in [0.15, 0.2) is 41.5 Å². The fraction of sp³-hybridized carbons (Fsp3) is 0.261. The fourth-order valence-corrected chi connectivity index (χ4v) is 4.89. The van der Waals surface area contributed by atoms with Crippen LogP contribution in [0.4, 0.5) is 5.95 Å². The number of hydrogen-bond donors (Lipinski definition) is 3. The maximum Gasteiger partial charge on any atom is 0.326 e. The Morgan fingerprint density at radius 2 is 2.00 bits per heavy atom. The van der Waals surface area contributed by atoms with Crippen molar-refractivity contribution in [3.8, 4) is 10.4 Å². The molecule has 0 bridgehead atoms. The quantitative estimate of drug-likeness (QED) is 0.321. The number of carbonyl (C=O) groups is 2. The summed E-state index contributed by atoms with van der Waals surface area (Å²) in [6.45, 7) is 2.73. The lowest BCUT2D eigenvalue weighted by Gasteiger charge is -2.13. The molecule has 0 unspecified atom stereocenters. The number of fused-ring (bicyclic) bond motifs is 2. The number of thiophene rings is 1. The predicted octanol–water partition coefficient (Wildman–Crippen LogP) is 2.88. The summed E-state index contributed by atoms with van der Waals surface area (Å²) < 4.78 is 3.45. The van der Waals surface area contributed by atoms with E-state index in [1.54, 1.807) is 43.2 Å². The van der Waals surface area contributed by atoms with Crippen LogP contribution >= 0.6 is 11.3 Å². The van der Waals surface area contributed by atoms with Gasteiger partial charge in [0.1, 0.15) is 0 Å². The van der Waals surface area contributed by atoms with Crippen molar-refractivity contribution in [3.05, 3.63) is 52.0 Å². The Hall–Kier alpha value is -4.19. The maximum atomic E-state index is 13.1. The summed E-state index contributed by atoms with van der Waals surface area (Å²) in [5, 5.41) is 9.63. The summed E-state index contributed by atoms with van der Waals surface area (Å²) in [4.78, 5) is 48.1. The molecule has 0 saturated carbocycles. The topological polar surface area (TPSA) is 134 Å². The number of imidazole rings is 2. The number of H-pyrrole nitrogens is 2. The number of nitrogens with one attached hydrogen (secondary N) is 3. The number of nitrogens with zero attached hydrogens (tertiary/aromatic N) is 5. The first-order valence-corrected chi connectivity index (χ1v) is 11.9. The zero-order valence-electron chi connectivity index (χ0n) is 19.5. The van der Waals surface area contributed by atoms with Crippen LogP contribution < -0.4 is 11.0 Å². The van der Waals surface area contributed by atoms with Gasteiger partial charge in [0.2, 0.25) is 11.9 Å². The molecule has 0 aliphatic carbocycles. The molecule has 0 spiro atoms. The van der Waals surface area contributed by atoms with Crippen molar-refractivity contribution in [2.75, 3.05) is 19.4 Å². The van der Waals surface area contributed by atoms with E-state index in [4.69, 9.17) is 0 Å². The summed E-state index contributed by atoms with van der Waals surface area (Å²) in [6.07, 6.45) is 3.70. The largest absolute Gasteiger partial charge is 0.349 e. The molecule has 1 aromatic carbocycles. The van der Waals surface area contributed by atoms with E-state index < -0.39 is 0 Å². The van der Waals surface area contributed by atoms with Gasteiger partial charge in [-0.3, -0.25) is 24.6 Å². The first kappa shape index (κ1) is 22.6. The Kier molecular flexibility index (Phi) is 5.73. The van der Waals surface area contributed by atoms with Gasteiger partial charge in [-0.2, -0.15) is 5.10 Å². The second-order valence-electron chi connectivity index (χ2n) is 8.26. The number of benzene rings is 1. The zero-order chi connectivity index (χ0) is 24.7. The third-order valence-electron chi connectivity index (χ3n) is 5.85. The van der Waals surface area contributed by atoms with Crippen molar-refractivity contribution in [1.29, 1.82) is 0 Å². The van der Waals surface area contributed by atoms with E-state index in [2.05, 4.69) is 25.5 Å². The number of amides is 2. The lowest BCUT2D eigenvalue weighted by atomic mass is 10.2. The summed E-state index contributed by atoms with van der Waals surface area (Å²) >= 11 is 1.35. The number of aromatic amines is 2. The molecular weight excluding hydrogens is 468 g/mol.